The number of anilines is 1. The second kappa shape index (κ2) is 6.05. The highest BCUT2D eigenvalue weighted by molar-refractivity contribution is 9.10. The van der Waals surface area contributed by atoms with Gasteiger partial charge in [0, 0.05) is 12.0 Å². The summed E-state index contributed by atoms with van der Waals surface area (Å²) in [5, 5.41) is 23.5. The molecular weight excluding hydrogens is 331 g/mol. The maximum atomic E-state index is 13.4. The first-order valence-electron chi connectivity index (χ1n) is 6.46. The molecule has 0 amide bonds. The van der Waals surface area contributed by atoms with Gasteiger partial charge in [0.25, 0.3) is 5.69 Å². The molecule has 5 nitrogen and oxygen atoms in total. The van der Waals surface area contributed by atoms with Crippen LogP contribution in [-0.4, -0.2) is 23.2 Å². The van der Waals surface area contributed by atoms with Gasteiger partial charge in [0.1, 0.15) is 11.5 Å². The lowest BCUT2D eigenvalue weighted by Gasteiger charge is -2.27. The topological polar surface area (TPSA) is 75.4 Å². The minimum atomic E-state index is -0.667. The van der Waals surface area contributed by atoms with E-state index >= 15 is 0 Å². The van der Waals surface area contributed by atoms with Crippen LogP contribution in [0.5, 0.6) is 0 Å². The molecule has 1 aliphatic carbocycles. The molecule has 7 heteroatoms. The SMILES string of the molecule is O=[N+]([O-])c1cc(F)c(Br)cc1NCC1(CO)CCCC1. The zero-order valence-electron chi connectivity index (χ0n) is 10.9. The monoisotopic (exact) mass is 346 g/mol. The summed E-state index contributed by atoms with van der Waals surface area (Å²) in [6.45, 7) is 0.499. The van der Waals surface area contributed by atoms with Gasteiger partial charge in [0.05, 0.1) is 22.1 Å². The van der Waals surface area contributed by atoms with Crippen LogP contribution in [0, 0.1) is 21.3 Å². The molecule has 1 fully saturated rings. The fourth-order valence-corrected chi connectivity index (χ4v) is 2.97. The minimum absolute atomic E-state index is 0.0517. The molecule has 20 heavy (non-hydrogen) atoms. The molecule has 1 aromatic rings. The fraction of sp³-hybridized carbons (Fsp3) is 0.538. The number of nitrogens with zero attached hydrogens (tertiary/aromatic N) is 1. The van der Waals surface area contributed by atoms with Gasteiger partial charge in [-0.3, -0.25) is 10.1 Å². The van der Waals surface area contributed by atoms with Crippen molar-refractivity contribution >= 4 is 27.3 Å². The van der Waals surface area contributed by atoms with E-state index in [0.29, 0.717) is 6.54 Å². The quantitative estimate of drug-likeness (QED) is 0.632. The molecule has 0 spiro atoms. The summed E-state index contributed by atoms with van der Waals surface area (Å²) in [4.78, 5) is 10.4. The number of hydrogen-bond acceptors (Lipinski definition) is 4. The van der Waals surface area contributed by atoms with Crippen LogP contribution in [0.15, 0.2) is 16.6 Å². The predicted molar refractivity (Wildman–Crippen MR) is 77.2 cm³/mol. The predicted octanol–water partition coefficient (Wildman–Crippen LogP) is 3.46. The van der Waals surface area contributed by atoms with Gasteiger partial charge in [-0.15, -0.1) is 0 Å². The van der Waals surface area contributed by atoms with Crippen LogP contribution in [0.3, 0.4) is 0 Å². The Labute approximate surface area is 124 Å². The Balaban J connectivity index is 2.20. The van der Waals surface area contributed by atoms with Crippen molar-refractivity contribution in [2.24, 2.45) is 5.41 Å². The van der Waals surface area contributed by atoms with E-state index < -0.39 is 10.7 Å². The maximum absolute atomic E-state index is 13.4. The number of hydrogen-bond donors (Lipinski definition) is 2. The van der Waals surface area contributed by atoms with Gasteiger partial charge in [-0.25, -0.2) is 4.39 Å². The number of nitro benzene ring substituents is 1. The Morgan fingerprint density at radius 3 is 2.65 bits per heavy atom. The Morgan fingerprint density at radius 1 is 1.45 bits per heavy atom. The Morgan fingerprint density at radius 2 is 2.10 bits per heavy atom. The highest BCUT2D eigenvalue weighted by Gasteiger charge is 2.33. The highest BCUT2D eigenvalue weighted by Crippen LogP contribution is 2.39. The third-order valence-electron chi connectivity index (χ3n) is 3.89. The summed E-state index contributed by atoms with van der Waals surface area (Å²) < 4.78 is 13.6. The second-order valence-corrected chi connectivity index (χ2v) is 6.11. The van der Waals surface area contributed by atoms with Crippen LogP contribution in [0.4, 0.5) is 15.8 Å². The molecule has 0 heterocycles. The molecule has 0 radical (unpaired) electrons. The lowest BCUT2D eigenvalue weighted by atomic mass is 9.87. The van der Waals surface area contributed by atoms with Crippen molar-refractivity contribution in [2.45, 2.75) is 25.7 Å². The van der Waals surface area contributed by atoms with Crippen molar-refractivity contribution in [3.05, 3.63) is 32.5 Å². The molecule has 0 aliphatic heterocycles. The fourth-order valence-electron chi connectivity index (χ4n) is 2.63. The zero-order chi connectivity index (χ0) is 14.8. The van der Waals surface area contributed by atoms with Crippen molar-refractivity contribution < 1.29 is 14.4 Å². The second-order valence-electron chi connectivity index (χ2n) is 5.26. The van der Waals surface area contributed by atoms with E-state index in [2.05, 4.69) is 21.2 Å². The summed E-state index contributed by atoms with van der Waals surface area (Å²) in [5.74, 6) is -0.667. The van der Waals surface area contributed by atoms with Gasteiger partial charge in [0.15, 0.2) is 0 Å². The molecule has 0 saturated heterocycles. The molecule has 0 bridgehead atoms. The number of rotatable bonds is 5. The summed E-state index contributed by atoms with van der Waals surface area (Å²) in [6.07, 6.45) is 3.90. The van der Waals surface area contributed by atoms with E-state index in [-0.39, 0.29) is 27.9 Å². The molecule has 2 N–H and O–H groups in total. The molecule has 110 valence electrons. The van der Waals surface area contributed by atoms with Crippen LogP contribution in [0.25, 0.3) is 0 Å². The third-order valence-corrected chi connectivity index (χ3v) is 4.50. The summed E-state index contributed by atoms with van der Waals surface area (Å²) in [7, 11) is 0. The van der Waals surface area contributed by atoms with Crippen molar-refractivity contribution in [3.8, 4) is 0 Å². The number of aliphatic hydroxyl groups excluding tert-OH is 1. The van der Waals surface area contributed by atoms with Gasteiger partial charge in [0.2, 0.25) is 0 Å². The lowest BCUT2D eigenvalue weighted by Crippen LogP contribution is -2.30. The number of halogens is 2. The maximum Gasteiger partial charge on any atom is 0.295 e. The van der Waals surface area contributed by atoms with E-state index in [1.54, 1.807) is 0 Å². The van der Waals surface area contributed by atoms with Crippen LogP contribution in [0.1, 0.15) is 25.7 Å². The molecule has 2 rings (SSSR count). The van der Waals surface area contributed by atoms with Crippen molar-refractivity contribution in [2.75, 3.05) is 18.5 Å². The first-order chi connectivity index (χ1) is 9.47. The first kappa shape index (κ1) is 15.2. The van der Waals surface area contributed by atoms with Gasteiger partial charge in [-0.2, -0.15) is 0 Å². The molecule has 0 unspecified atom stereocenters. The lowest BCUT2D eigenvalue weighted by molar-refractivity contribution is -0.384. The Kier molecular flexibility index (Phi) is 4.59. The molecule has 0 aromatic heterocycles. The van der Waals surface area contributed by atoms with E-state index in [1.807, 2.05) is 0 Å². The number of nitro groups is 1. The molecule has 1 aromatic carbocycles. The van der Waals surface area contributed by atoms with Gasteiger partial charge in [-0.05, 0) is 34.8 Å². The van der Waals surface area contributed by atoms with Crippen molar-refractivity contribution in [1.29, 1.82) is 0 Å². The number of aliphatic hydroxyl groups is 1. The van der Waals surface area contributed by atoms with Crippen LogP contribution in [-0.2, 0) is 0 Å². The van der Waals surface area contributed by atoms with Crippen LogP contribution in [0.2, 0.25) is 0 Å². The number of benzene rings is 1. The smallest absolute Gasteiger partial charge is 0.295 e. The summed E-state index contributed by atoms with van der Waals surface area (Å²) >= 11 is 3.03. The van der Waals surface area contributed by atoms with Crippen LogP contribution < -0.4 is 5.32 Å². The summed E-state index contributed by atoms with van der Waals surface area (Å²) in [5.41, 5.74) is -0.255. The highest BCUT2D eigenvalue weighted by atomic mass is 79.9. The van der Waals surface area contributed by atoms with E-state index in [9.17, 15) is 19.6 Å². The average molecular weight is 347 g/mol. The third kappa shape index (κ3) is 3.09. The van der Waals surface area contributed by atoms with Gasteiger partial charge >= 0.3 is 0 Å². The molecule has 0 atom stereocenters. The number of nitrogens with one attached hydrogen (secondary N) is 1. The average Bonchev–Trinajstić information content (AvgIpc) is 2.89. The van der Waals surface area contributed by atoms with E-state index in [1.165, 1.54) is 6.07 Å². The van der Waals surface area contributed by atoms with Gasteiger partial charge in [-0.1, -0.05) is 12.8 Å². The van der Waals surface area contributed by atoms with Gasteiger partial charge < -0.3 is 10.4 Å². The largest absolute Gasteiger partial charge is 0.396 e. The van der Waals surface area contributed by atoms with Crippen molar-refractivity contribution in [3.63, 3.8) is 0 Å². The zero-order valence-corrected chi connectivity index (χ0v) is 12.5. The van der Waals surface area contributed by atoms with E-state index in [0.717, 1.165) is 31.7 Å². The minimum Gasteiger partial charge on any atom is -0.396 e. The Hall–Kier alpha value is -1.21. The summed E-state index contributed by atoms with van der Waals surface area (Å²) in [6, 6.07) is 2.26. The molecular formula is C13H16BrFN2O3. The Bertz CT molecular complexity index is 519. The van der Waals surface area contributed by atoms with Crippen molar-refractivity contribution in [1.82, 2.24) is 0 Å². The first-order valence-corrected chi connectivity index (χ1v) is 7.25. The molecule has 1 aliphatic rings. The van der Waals surface area contributed by atoms with Crippen LogP contribution >= 0.6 is 15.9 Å². The standard InChI is InChI=1S/C13H16BrFN2O3/c14-9-5-11(12(17(19)20)6-10(9)15)16-7-13(8-18)3-1-2-4-13/h5-6,16,18H,1-4,7-8H2. The molecule has 1 saturated carbocycles. The van der Waals surface area contributed by atoms with E-state index in [4.69, 9.17) is 0 Å². The normalized spacial score (nSPS) is 17.1.